The number of fused-ring (bicyclic) bond motifs is 1. The van der Waals surface area contributed by atoms with E-state index in [1.165, 1.54) is 28.3 Å². The summed E-state index contributed by atoms with van der Waals surface area (Å²) in [6.45, 7) is 26.8. The third-order valence-electron chi connectivity index (χ3n) is 10.6. The molecule has 0 spiro atoms. The maximum absolute atomic E-state index is 13.7. The fourth-order valence-electron chi connectivity index (χ4n) is 6.81. The van der Waals surface area contributed by atoms with Gasteiger partial charge in [0.25, 0.3) is 0 Å². The van der Waals surface area contributed by atoms with Gasteiger partial charge in [0.1, 0.15) is 29.2 Å². The van der Waals surface area contributed by atoms with Gasteiger partial charge in [-0.2, -0.15) is 0 Å². The number of carbonyl (C=O) groups excluding carboxylic acids is 3. The van der Waals surface area contributed by atoms with Crippen molar-refractivity contribution in [1.29, 1.82) is 0 Å². The summed E-state index contributed by atoms with van der Waals surface area (Å²) in [7, 11) is -2.17. The Morgan fingerprint density at radius 1 is 1.24 bits per heavy atom. The highest BCUT2D eigenvalue weighted by molar-refractivity contribution is 8.14. The number of phenols is 1. The summed E-state index contributed by atoms with van der Waals surface area (Å²) in [6, 6.07) is 3.69. The smallest absolute Gasteiger partial charge is 0.373 e. The fraction of sp³-hybridized carbons (Fsp3) is 0.575. The van der Waals surface area contributed by atoms with Crippen LogP contribution >= 0.6 is 23.5 Å². The van der Waals surface area contributed by atoms with Crippen molar-refractivity contribution in [3.05, 3.63) is 70.3 Å². The maximum Gasteiger partial charge on any atom is 0.373 e. The zero-order valence-electron chi connectivity index (χ0n) is 31.9. The second-order valence-corrected chi connectivity index (χ2v) is 22.5. The number of hydrogen-bond acceptors (Lipinski definition) is 9. The van der Waals surface area contributed by atoms with Crippen LogP contribution in [0.1, 0.15) is 97.6 Å². The van der Waals surface area contributed by atoms with Crippen molar-refractivity contribution in [1.82, 2.24) is 4.90 Å². The van der Waals surface area contributed by atoms with Gasteiger partial charge in [0, 0.05) is 22.1 Å². The molecule has 1 aliphatic carbocycles. The molecule has 280 valence electrons. The average Bonchev–Trinajstić information content (AvgIpc) is 3.35. The van der Waals surface area contributed by atoms with Crippen LogP contribution in [0, 0.1) is 11.8 Å². The largest absolute Gasteiger partial charge is 0.507 e. The van der Waals surface area contributed by atoms with E-state index in [1.807, 2.05) is 19.9 Å². The first-order chi connectivity index (χ1) is 23.9. The van der Waals surface area contributed by atoms with E-state index in [9.17, 15) is 19.5 Å². The summed E-state index contributed by atoms with van der Waals surface area (Å²) in [5.41, 5.74) is 3.90. The van der Waals surface area contributed by atoms with Gasteiger partial charge in [-0.15, -0.1) is 11.8 Å². The van der Waals surface area contributed by atoms with E-state index in [1.54, 1.807) is 6.07 Å². The SMILES string of the molecule is C=CCOC(=O)C1=C(CSC(=O)Oc2cc(CCCCC)cc(O)c2[C@@H]2C=C(C)CC[C@H]2C(=C)C)S[C@@H]2[C@@H]([C@@H](C)O[Si](C)(C)C(C)(C)C)C(=O)N12. The molecular formula is C40H57NO7S2Si. The highest BCUT2D eigenvalue weighted by Crippen LogP contribution is 2.53. The van der Waals surface area contributed by atoms with Crippen molar-refractivity contribution in [2.24, 2.45) is 11.8 Å². The topological polar surface area (TPSA) is 102 Å². The van der Waals surface area contributed by atoms with E-state index in [2.05, 4.69) is 66.9 Å². The number of benzene rings is 1. The Bertz CT molecular complexity index is 1590. The average molecular weight is 756 g/mol. The maximum atomic E-state index is 13.7. The molecule has 8 nitrogen and oxygen atoms in total. The Morgan fingerprint density at radius 2 is 1.94 bits per heavy atom. The number of amides is 1. The van der Waals surface area contributed by atoms with Gasteiger partial charge in [-0.3, -0.25) is 9.69 Å². The zero-order chi connectivity index (χ0) is 37.8. The number of phenolic OH excluding ortho intramolecular Hbond substituents is 1. The molecule has 0 bridgehead atoms. The van der Waals surface area contributed by atoms with Crippen LogP contribution in [0.2, 0.25) is 18.1 Å². The number of allylic oxidation sites excluding steroid dienone is 3. The van der Waals surface area contributed by atoms with Gasteiger partial charge < -0.3 is 19.0 Å². The van der Waals surface area contributed by atoms with Gasteiger partial charge >= 0.3 is 11.3 Å². The molecule has 1 saturated heterocycles. The van der Waals surface area contributed by atoms with E-state index >= 15 is 0 Å². The van der Waals surface area contributed by atoms with Gasteiger partial charge in [0.2, 0.25) is 5.91 Å². The first kappa shape index (κ1) is 41.0. The Kier molecular flexibility index (Phi) is 13.6. The van der Waals surface area contributed by atoms with Crippen molar-refractivity contribution in [3.63, 3.8) is 0 Å². The molecule has 0 unspecified atom stereocenters. The number of aryl methyl sites for hydroxylation is 1. The van der Waals surface area contributed by atoms with Crippen molar-refractivity contribution >= 4 is 49.0 Å². The molecule has 1 N–H and O–H groups in total. The number of aromatic hydroxyl groups is 1. The van der Waals surface area contributed by atoms with E-state index in [0.29, 0.717) is 16.2 Å². The minimum atomic E-state index is -2.17. The minimum absolute atomic E-state index is 0.00237. The lowest BCUT2D eigenvalue weighted by Crippen LogP contribution is -2.62. The molecule has 1 aromatic rings. The lowest BCUT2D eigenvalue weighted by molar-refractivity contribution is -0.157. The third-order valence-corrected chi connectivity index (χ3v) is 17.5. The van der Waals surface area contributed by atoms with Crippen LogP contribution in [0.5, 0.6) is 11.5 Å². The molecule has 1 fully saturated rings. The first-order valence-electron chi connectivity index (χ1n) is 18.1. The lowest BCUT2D eigenvalue weighted by atomic mass is 9.73. The fourth-order valence-corrected chi connectivity index (χ4v) is 10.6. The number of β-lactam (4-membered cyclic amide) rings is 1. The number of nitrogens with zero attached hydrogens (tertiary/aromatic N) is 1. The van der Waals surface area contributed by atoms with Gasteiger partial charge in [0.05, 0.1) is 12.0 Å². The molecule has 2 heterocycles. The molecule has 5 atom stereocenters. The second-order valence-electron chi connectivity index (χ2n) is 15.6. The monoisotopic (exact) mass is 755 g/mol. The Hall–Kier alpha value is -2.73. The summed E-state index contributed by atoms with van der Waals surface area (Å²) < 4.78 is 18.1. The van der Waals surface area contributed by atoms with Crippen molar-refractivity contribution in [2.75, 3.05) is 12.4 Å². The van der Waals surface area contributed by atoms with E-state index in [4.69, 9.17) is 13.9 Å². The number of unbranched alkanes of at least 4 members (excludes halogenated alkanes) is 2. The lowest BCUT2D eigenvalue weighted by Gasteiger charge is -2.48. The molecule has 4 rings (SSSR count). The van der Waals surface area contributed by atoms with Crippen LogP contribution in [-0.4, -0.2) is 59.3 Å². The summed E-state index contributed by atoms with van der Waals surface area (Å²) >= 11 is 2.33. The molecule has 51 heavy (non-hydrogen) atoms. The normalized spacial score (nSPS) is 22.6. The number of thioether (sulfide) groups is 2. The molecule has 0 radical (unpaired) electrons. The standard InChI is InChI=1S/C40H57NO7S2Si/c1-12-14-15-16-27-21-30(42)34(29-20-25(5)17-18-28(29)24(3)4)31(22-27)47-39(45)49-23-32-35(38(44)46-19-13-2)41-36(43)33(37(41)50-32)26(6)48-51(10,11)40(7,8)9/h13,20-22,26,28-29,33,37,42H,2-3,12,14-19,23H2,1,4-11H3/t26-,28+,29-,33+,37-/m1/s1. The molecule has 1 amide bonds. The molecule has 11 heteroatoms. The molecule has 0 aromatic heterocycles. The summed E-state index contributed by atoms with van der Waals surface area (Å²) in [4.78, 5) is 42.7. The number of carbonyl (C=O) groups is 3. The summed E-state index contributed by atoms with van der Waals surface area (Å²) in [5, 5.41) is 10.5. The van der Waals surface area contributed by atoms with Crippen molar-refractivity contribution in [2.45, 2.75) is 123 Å². The first-order valence-corrected chi connectivity index (χ1v) is 22.9. The predicted octanol–water partition coefficient (Wildman–Crippen LogP) is 10.3. The molecule has 1 aromatic carbocycles. The van der Waals surface area contributed by atoms with Crippen LogP contribution in [0.3, 0.4) is 0 Å². The van der Waals surface area contributed by atoms with Crippen LogP contribution < -0.4 is 4.74 Å². The Balaban J connectivity index is 1.59. The molecule has 3 aliphatic rings. The zero-order valence-corrected chi connectivity index (χ0v) is 34.6. The minimum Gasteiger partial charge on any atom is -0.507 e. The third kappa shape index (κ3) is 9.26. The molecule has 2 aliphatic heterocycles. The number of hydrogen-bond donors (Lipinski definition) is 1. The van der Waals surface area contributed by atoms with Crippen LogP contribution in [-0.2, 0) is 25.2 Å². The molecular weight excluding hydrogens is 699 g/mol. The quantitative estimate of drug-likeness (QED) is 0.0616. The Labute approximate surface area is 314 Å². The van der Waals surface area contributed by atoms with Gasteiger partial charge in [-0.25, -0.2) is 9.59 Å². The highest BCUT2D eigenvalue weighted by Gasteiger charge is 2.59. The highest BCUT2D eigenvalue weighted by atomic mass is 32.2. The van der Waals surface area contributed by atoms with Gasteiger partial charge in [0.15, 0.2) is 8.32 Å². The van der Waals surface area contributed by atoms with Crippen LogP contribution in [0.25, 0.3) is 0 Å². The summed E-state index contributed by atoms with van der Waals surface area (Å²) in [5.74, 6) is -0.770. The Morgan fingerprint density at radius 3 is 2.57 bits per heavy atom. The number of esters is 1. The number of ether oxygens (including phenoxy) is 2. The van der Waals surface area contributed by atoms with E-state index in [0.717, 1.165) is 61.4 Å². The van der Waals surface area contributed by atoms with E-state index < -0.39 is 25.5 Å². The second kappa shape index (κ2) is 16.9. The van der Waals surface area contributed by atoms with Crippen molar-refractivity contribution in [3.8, 4) is 11.5 Å². The molecule has 0 saturated carbocycles. The van der Waals surface area contributed by atoms with Gasteiger partial charge in [-0.05, 0) is 100.0 Å². The van der Waals surface area contributed by atoms with Crippen molar-refractivity contribution < 1.29 is 33.4 Å². The predicted molar refractivity (Wildman–Crippen MR) is 211 cm³/mol. The van der Waals surface area contributed by atoms with E-state index in [-0.39, 0.29) is 58.1 Å². The van der Waals surface area contributed by atoms with Gasteiger partial charge in [-0.1, -0.05) is 77.0 Å². The summed E-state index contributed by atoms with van der Waals surface area (Å²) in [6.07, 6.45) is 8.98. The van der Waals surface area contributed by atoms with Crippen LogP contribution in [0.15, 0.2) is 59.2 Å². The number of rotatable bonds is 15. The van der Waals surface area contributed by atoms with Crippen LogP contribution in [0.4, 0.5) is 4.79 Å².